The lowest BCUT2D eigenvalue weighted by atomic mass is 9.82. The highest BCUT2D eigenvalue weighted by molar-refractivity contribution is 4.90. The van der Waals surface area contributed by atoms with Crippen molar-refractivity contribution in [2.24, 2.45) is 11.8 Å². The molecule has 0 amide bonds. The molecular weight excluding hydrogens is 248 g/mol. The average molecular weight is 282 g/mol. The van der Waals surface area contributed by atoms with Crippen LogP contribution in [0.1, 0.15) is 52.4 Å². The molecule has 2 fully saturated rings. The predicted molar refractivity (Wildman–Crippen MR) is 85.1 cm³/mol. The Labute approximate surface area is 125 Å². The van der Waals surface area contributed by atoms with Crippen LogP contribution in [0.25, 0.3) is 0 Å². The van der Waals surface area contributed by atoms with Gasteiger partial charge in [-0.2, -0.15) is 0 Å². The number of nitrogens with one attached hydrogen (secondary N) is 1. The molecule has 1 aliphatic heterocycles. The quantitative estimate of drug-likeness (QED) is 0.811. The maximum Gasteiger partial charge on any atom is 0.0469 e. The molecule has 20 heavy (non-hydrogen) atoms. The van der Waals surface area contributed by atoms with Crippen LogP contribution in [0.2, 0.25) is 0 Å². The number of nitrogens with zero attached hydrogens (tertiary/aromatic N) is 1. The van der Waals surface area contributed by atoms with Crippen molar-refractivity contribution in [3.8, 4) is 0 Å². The Hall–Kier alpha value is -0.120. The number of rotatable bonds is 6. The topological polar surface area (TPSA) is 24.5 Å². The molecule has 3 heteroatoms. The highest BCUT2D eigenvalue weighted by Crippen LogP contribution is 2.28. The second kappa shape index (κ2) is 8.35. The highest BCUT2D eigenvalue weighted by Gasteiger charge is 2.32. The van der Waals surface area contributed by atoms with E-state index in [1.165, 1.54) is 51.6 Å². The molecular formula is C17H34N2O. The minimum absolute atomic E-state index is 0.705. The van der Waals surface area contributed by atoms with Crippen molar-refractivity contribution >= 4 is 0 Å². The second-order valence-electron chi connectivity index (χ2n) is 7.04. The fourth-order valence-corrected chi connectivity index (χ4v) is 3.88. The first-order chi connectivity index (χ1) is 9.70. The van der Waals surface area contributed by atoms with Crippen LogP contribution < -0.4 is 5.32 Å². The minimum atomic E-state index is 0.705. The van der Waals surface area contributed by atoms with Crippen LogP contribution in [-0.2, 0) is 4.74 Å². The van der Waals surface area contributed by atoms with Crippen molar-refractivity contribution < 1.29 is 4.74 Å². The molecule has 3 unspecified atom stereocenters. The first-order valence-electron chi connectivity index (χ1n) is 8.72. The Bertz CT molecular complexity index is 264. The monoisotopic (exact) mass is 282 g/mol. The molecule has 1 saturated carbocycles. The van der Waals surface area contributed by atoms with Gasteiger partial charge in [0, 0.05) is 31.8 Å². The summed E-state index contributed by atoms with van der Waals surface area (Å²) in [4.78, 5) is 2.65. The first-order valence-corrected chi connectivity index (χ1v) is 8.72. The zero-order valence-corrected chi connectivity index (χ0v) is 13.7. The summed E-state index contributed by atoms with van der Waals surface area (Å²) in [5, 5.41) is 3.79. The zero-order valence-electron chi connectivity index (χ0n) is 13.7. The Morgan fingerprint density at radius 1 is 1.15 bits per heavy atom. The molecule has 3 atom stereocenters. The van der Waals surface area contributed by atoms with Gasteiger partial charge in [0.1, 0.15) is 0 Å². The lowest BCUT2D eigenvalue weighted by Crippen LogP contribution is -2.53. The van der Waals surface area contributed by atoms with E-state index in [0.717, 1.165) is 31.1 Å². The lowest BCUT2D eigenvalue weighted by Gasteiger charge is -2.42. The summed E-state index contributed by atoms with van der Waals surface area (Å²) in [6.07, 6.45) is 7.84. The van der Waals surface area contributed by atoms with Crippen LogP contribution in [-0.4, -0.2) is 50.3 Å². The summed E-state index contributed by atoms with van der Waals surface area (Å²) in [7, 11) is 2.35. The van der Waals surface area contributed by atoms with E-state index >= 15 is 0 Å². The van der Waals surface area contributed by atoms with Crippen molar-refractivity contribution in [3.63, 3.8) is 0 Å². The van der Waals surface area contributed by atoms with Crippen molar-refractivity contribution in [1.29, 1.82) is 0 Å². The van der Waals surface area contributed by atoms with Crippen LogP contribution in [0.15, 0.2) is 0 Å². The van der Waals surface area contributed by atoms with Crippen molar-refractivity contribution in [2.45, 2.75) is 64.5 Å². The van der Waals surface area contributed by atoms with Gasteiger partial charge in [-0.05, 0) is 64.0 Å². The Morgan fingerprint density at radius 3 is 2.60 bits per heavy atom. The van der Waals surface area contributed by atoms with Crippen molar-refractivity contribution in [2.75, 3.05) is 33.4 Å². The standard InChI is InChI=1S/C17H34N2O/c1-4-9-18-16-6-5-14(2)12-17(16)19(3)13-15-7-10-20-11-8-15/h14-18H,4-13H2,1-3H3. The maximum absolute atomic E-state index is 5.49. The molecule has 1 saturated heterocycles. The van der Waals surface area contributed by atoms with E-state index in [1.807, 2.05) is 0 Å². The van der Waals surface area contributed by atoms with E-state index in [4.69, 9.17) is 4.74 Å². The van der Waals surface area contributed by atoms with Crippen LogP contribution in [0.4, 0.5) is 0 Å². The third-order valence-corrected chi connectivity index (χ3v) is 5.19. The summed E-state index contributed by atoms with van der Waals surface area (Å²) in [5.41, 5.74) is 0. The average Bonchev–Trinajstić information content (AvgIpc) is 2.47. The van der Waals surface area contributed by atoms with Gasteiger partial charge in [0.2, 0.25) is 0 Å². The number of hydrogen-bond donors (Lipinski definition) is 1. The number of hydrogen-bond acceptors (Lipinski definition) is 3. The third kappa shape index (κ3) is 4.71. The van der Waals surface area contributed by atoms with Gasteiger partial charge in [0.05, 0.1) is 0 Å². The lowest BCUT2D eigenvalue weighted by molar-refractivity contribution is 0.0398. The summed E-state index contributed by atoms with van der Waals surface area (Å²) >= 11 is 0. The summed E-state index contributed by atoms with van der Waals surface area (Å²) in [6, 6.07) is 1.43. The van der Waals surface area contributed by atoms with Crippen LogP contribution in [0.3, 0.4) is 0 Å². The smallest absolute Gasteiger partial charge is 0.0469 e. The van der Waals surface area contributed by atoms with Crippen LogP contribution in [0.5, 0.6) is 0 Å². The SMILES string of the molecule is CCCNC1CCC(C)CC1N(C)CC1CCOCC1. The molecule has 0 radical (unpaired) electrons. The van der Waals surface area contributed by atoms with Crippen molar-refractivity contribution in [1.82, 2.24) is 10.2 Å². The molecule has 3 nitrogen and oxygen atoms in total. The third-order valence-electron chi connectivity index (χ3n) is 5.19. The summed E-state index contributed by atoms with van der Waals surface area (Å²) < 4.78 is 5.49. The number of likely N-dealkylation sites (N-methyl/N-ethyl adjacent to an activating group) is 1. The van der Waals surface area contributed by atoms with Gasteiger partial charge in [0.25, 0.3) is 0 Å². The van der Waals surface area contributed by atoms with E-state index in [9.17, 15) is 0 Å². The van der Waals surface area contributed by atoms with E-state index in [1.54, 1.807) is 0 Å². The molecule has 1 N–H and O–H groups in total. The van der Waals surface area contributed by atoms with Gasteiger partial charge in [-0.15, -0.1) is 0 Å². The molecule has 0 aromatic heterocycles. The molecule has 0 aromatic rings. The van der Waals surface area contributed by atoms with Crippen LogP contribution in [0, 0.1) is 11.8 Å². The Kier molecular flexibility index (Phi) is 6.79. The van der Waals surface area contributed by atoms with Crippen LogP contribution >= 0.6 is 0 Å². The normalized spacial score (nSPS) is 32.7. The summed E-state index contributed by atoms with van der Waals surface area (Å²) in [5.74, 6) is 1.73. The fraction of sp³-hybridized carbons (Fsp3) is 1.00. The Balaban J connectivity index is 1.86. The number of ether oxygens (including phenoxy) is 1. The molecule has 0 spiro atoms. The van der Waals surface area contributed by atoms with Crippen molar-refractivity contribution in [3.05, 3.63) is 0 Å². The van der Waals surface area contributed by atoms with E-state index < -0.39 is 0 Å². The highest BCUT2D eigenvalue weighted by atomic mass is 16.5. The molecule has 1 aliphatic carbocycles. The molecule has 118 valence electrons. The molecule has 2 aliphatic rings. The predicted octanol–water partition coefficient (Wildman–Crippen LogP) is 2.90. The van der Waals surface area contributed by atoms with E-state index in [-0.39, 0.29) is 0 Å². The van der Waals surface area contributed by atoms with Gasteiger partial charge in [-0.1, -0.05) is 13.8 Å². The summed E-state index contributed by atoms with van der Waals surface area (Å²) in [6.45, 7) is 9.05. The van der Waals surface area contributed by atoms with Gasteiger partial charge in [-0.25, -0.2) is 0 Å². The first kappa shape index (κ1) is 16.3. The fourth-order valence-electron chi connectivity index (χ4n) is 3.88. The second-order valence-corrected chi connectivity index (χ2v) is 7.04. The molecule has 1 heterocycles. The molecule has 2 rings (SSSR count). The minimum Gasteiger partial charge on any atom is -0.381 e. The van der Waals surface area contributed by atoms with E-state index in [2.05, 4.69) is 31.1 Å². The van der Waals surface area contributed by atoms with Gasteiger partial charge >= 0.3 is 0 Å². The maximum atomic E-state index is 5.49. The van der Waals surface area contributed by atoms with E-state index in [0.29, 0.717) is 6.04 Å². The van der Waals surface area contributed by atoms with Gasteiger partial charge < -0.3 is 15.0 Å². The Morgan fingerprint density at radius 2 is 1.90 bits per heavy atom. The van der Waals surface area contributed by atoms with Gasteiger partial charge in [0.15, 0.2) is 0 Å². The van der Waals surface area contributed by atoms with Gasteiger partial charge in [-0.3, -0.25) is 0 Å². The molecule has 0 aromatic carbocycles. The largest absolute Gasteiger partial charge is 0.381 e. The zero-order chi connectivity index (χ0) is 14.4. The molecule has 0 bridgehead atoms.